The van der Waals surface area contributed by atoms with Crippen LogP contribution in [0.4, 0.5) is 0 Å². The minimum Gasteiger partial charge on any atom is -0.491 e. The van der Waals surface area contributed by atoms with E-state index in [1.54, 1.807) is 12.1 Å². The van der Waals surface area contributed by atoms with Gasteiger partial charge in [-0.15, -0.1) is 0 Å². The first-order chi connectivity index (χ1) is 8.74. The standard InChI is InChI=1S/C13H19ClN2O2/c1-2-15-8-9-16-13(17)7-10-18-12-6-4-3-5-11(12)14/h3-6,15H,2,7-10H2,1H3,(H,16,17). The summed E-state index contributed by atoms with van der Waals surface area (Å²) in [5.41, 5.74) is 0. The molecule has 0 radical (unpaired) electrons. The predicted octanol–water partition coefficient (Wildman–Crippen LogP) is 1.83. The Balaban J connectivity index is 2.14. The first kappa shape index (κ1) is 14.8. The molecule has 5 heteroatoms. The number of amides is 1. The number of nitrogens with one attached hydrogen (secondary N) is 2. The highest BCUT2D eigenvalue weighted by Gasteiger charge is 2.03. The van der Waals surface area contributed by atoms with Gasteiger partial charge in [0.15, 0.2) is 0 Å². The highest BCUT2D eigenvalue weighted by molar-refractivity contribution is 6.32. The molecule has 4 nitrogen and oxygen atoms in total. The average molecular weight is 271 g/mol. The van der Waals surface area contributed by atoms with E-state index in [1.165, 1.54) is 0 Å². The molecule has 0 fully saturated rings. The number of hydrogen-bond donors (Lipinski definition) is 2. The molecular weight excluding hydrogens is 252 g/mol. The van der Waals surface area contributed by atoms with Crippen LogP contribution in [-0.2, 0) is 4.79 Å². The Labute approximate surface area is 113 Å². The van der Waals surface area contributed by atoms with Crippen molar-refractivity contribution < 1.29 is 9.53 Å². The van der Waals surface area contributed by atoms with E-state index >= 15 is 0 Å². The first-order valence-electron chi connectivity index (χ1n) is 6.08. The summed E-state index contributed by atoms with van der Waals surface area (Å²) in [6, 6.07) is 7.22. The molecule has 0 aromatic heterocycles. The van der Waals surface area contributed by atoms with E-state index in [1.807, 2.05) is 19.1 Å². The van der Waals surface area contributed by atoms with Gasteiger partial charge in [0.1, 0.15) is 5.75 Å². The van der Waals surface area contributed by atoms with Gasteiger partial charge in [0, 0.05) is 13.1 Å². The van der Waals surface area contributed by atoms with Gasteiger partial charge in [-0.2, -0.15) is 0 Å². The predicted molar refractivity (Wildman–Crippen MR) is 73.1 cm³/mol. The van der Waals surface area contributed by atoms with Crippen LogP contribution < -0.4 is 15.4 Å². The molecule has 0 aliphatic rings. The zero-order valence-electron chi connectivity index (χ0n) is 10.5. The van der Waals surface area contributed by atoms with Crippen LogP contribution in [0.1, 0.15) is 13.3 Å². The number of hydrogen-bond acceptors (Lipinski definition) is 3. The second kappa shape index (κ2) is 8.78. The molecule has 1 amide bonds. The van der Waals surface area contributed by atoms with Gasteiger partial charge >= 0.3 is 0 Å². The van der Waals surface area contributed by atoms with E-state index in [0.29, 0.717) is 30.3 Å². The zero-order chi connectivity index (χ0) is 13.2. The summed E-state index contributed by atoms with van der Waals surface area (Å²) in [6.45, 7) is 4.69. The summed E-state index contributed by atoms with van der Waals surface area (Å²) in [5.74, 6) is 0.597. The van der Waals surface area contributed by atoms with Crippen molar-refractivity contribution in [3.63, 3.8) is 0 Å². The summed E-state index contributed by atoms with van der Waals surface area (Å²) in [7, 11) is 0. The number of rotatable bonds is 8. The number of halogens is 1. The third-order valence-corrected chi connectivity index (χ3v) is 2.61. The van der Waals surface area contributed by atoms with E-state index in [4.69, 9.17) is 16.3 Å². The Morgan fingerprint density at radius 3 is 2.83 bits per heavy atom. The van der Waals surface area contributed by atoms with Crippen molar-refractivity contribution in [2.75, 3.05) is 26.2 Å². The van der Waals surface area contributed by atoms with Gasteiger partial charge in [0.25, 0.3) is 0 Å². The van der Waals surface area contributed by atoms with E-state index in [0.717, 1.165) is 13.1 Å². The highest BCUT2D eigenvalue weighted by atomic mass is 35.5. The molecule has 0 atom stereocenters. The SMILES string of the molecule is CCNCCNC(=O)CCOc1ccccc1Cl. The van der Waals surface area contributed by atoms with Crippen molar-refractivity contribution in [2.45, 2.75) is 13.3 Å². The molecule has 0 bridgehead atoms. The molecule has 0 aliphatic heterocycles. The van der Waals surface area contributed by atoms with Gasteiger partial charge in [-0.3, -0.25) is 4.79 Å². The molecule has 0 unspecified atom stereocenters. The van der Waals surface area contributed by atoms with Crippen LogP contribution in [0, 0.1) is 0 Å². The van der Waals surface area contributed by atoms with Crippen LogP contribution in [0.25, 0.3) is 0 Å². The van der Waals surface area contributed by atoms with Crippen LogP contribution in [0.15, 0.2) is 24.3 Å². The van der Waals surface area contributed by atoms with Crippen LogP contribution in [0.5, 0.6) is 5.75 Å². The second-order valence-corrected chi connectivity index (χ2v) is 4.14. The van der Waals surface area contributed by atoms with E-state index < -0.39 is 0 Å². The zero-order valence-corrected chi connectivity index (χ0v) is 11.3. The van der Waals surface area contributed by atoms with Crippen molar-refractivity contribution in [3.8, 4) is 5.75 Å². The number of para-hydroxylation sites is 1. The topological polar surface area (TPSA) is 50.4 Å². The fourth-order valence-corrected chi connectivity index (χ4v) is 1.56. The molecule has 0 saturated carbocycles. The van der Waals surface area contributed by atoms with Gasteiger partial charge in [0.2, 0.25) is 5.91 Å². The molecular formula is C13H19ClN2O2. The number of likely N-dealkylation sites (N-methyl/N-ethyl adjacent to an activating group) is 1. The van der Waals surface area contributed by atoms with Gasteiger partial charge in [-0.1, -0.05) is 30.7 Å². The molecule has 0 heterocycles. The maximum atomic E-state index is 11.4. The van der Waals surface area contributed by atoms with Crippen molar-refractivity contribution >= 4 is 17.5 Å². The van der Waals surface area contributed by atoms with Gasteiger partial charge in [-0.05, 0) is 18.7 Å². The number of benzene rings is 1. The monoisotopic (exact) mass is 270 g/mol. The maximum absolute atomic E-state index is 11.4. The molecule has 0 saturated heterocycles. The molecule has 1 rings (SSSR count). The van der Waals surface area contributed by atoms with Crippen LogP contribution >= 0.6 is 11.6 Å². The van der Waals surface area contributed by atoms with E-state index in [9.17, 15) is 4.79 Å². The van der Waals surface area contributed by atoms with Gasteiger partial charge in [-0.25, -0.2) is 0 Å². The lowest BCUT2D eigenvalue weighted by molar-refractivity contribution is -0.121. The third kappa shape index (κ3) is 5.89. The maximum Gasteiger partial charge on any atom is 0.223 e. The lowest BCUT2D eigenvalue weighted by Crippen LogP contribution is -2.32. The Bertz CT molecular complexity index is 372. The number of carbonyl (C=O) groups excluding carboxylic acids is 1. The molecule has 1 aromatic carbocycles. The minimum absolute atomic E-state index is 0.0139. The number of carbonyl (C=O) groups is 1. The van der Waals surface area contributed by atoms with Crippen molar-refractivity contribution in [1.29, 1.82) is 0 Å². The van der Waals surface area contributed by atoms with Crippen molar-refractivity contribution in [2.24, 2.45) is 0 Å². The molecule has 0 spiro atoms. The quantitative estimate of drug-likeness (QED) is 0.709. The second-order valence-electron chi connectivity index (χ2n) is 3.73. The lowest BCUT2D eigenvalue weighted by Gasteiger charge is -2.08. The highest BCUT2D eigenvalue weighted by Crippen LogP contribution is 2.22. The fourth-order valence-electron chi connectivity index (χ4n) is 1.37. The van der Waals surface area contributed by atoms with E-state index in [2.05, 4.69) is 10.6 Å². The molecule has 18 heavy (non-hydrogen) atoms. The lowest BCUT2D eigenvalue weighted by atomic mass is 10.3. The molecule has 100 valence electrons. The van der Waals surface area contributed by atoms with Crippen molar-refractivity contribution in [1.82, 2.24) is 10.6 Å². The largest absolute Gasteiger partial charge is 0.491 e. The third-order valence-electron chi connectivity index (χ3n) is 2.30. The van der Waals surface area contributed by atoms with Crippen LogP contribution in [0.2, 0.25) is 5.02 Å². The molecule has 1 aromatic rings. The Hall–Kier alpha value is -1.26. The smallest absolute Gasteiger partial charge is 0.223 e. The Morgan fingerprint density at radius 1 is 1.33 bits per heavy atom. The van der Waals surface area contributed by atoms with Gasteiger partial charge < -0.3 is 15.4 Å². The van der Waals surface area contributed by atoms with E-state index in [-0.39, 0.29) is 5.91 Å². The summed E-state index contributed by atoms with van der Waals surface area (Å²) in [5, 5.41) is 6.49. The van der Waals surface area contributed by atoms with Crippen molar-refractivity contribution in [3.05, 3.63) is 29.3 Å². The number of ether oxygens (including phenoxy) is 1. The first-order valence-corrected chi connectivity index (χ1v) is 6.46. The summed E-state index contributed by atoms with van der Waals surface area (Å²) >= 11 is 5.92. The van der Waals surface area contributed by atoms with Crippen LogP contribution in [0.3, 0.4) is 0 Å². The Morgan fingerprint density at radius 2 is 2.11 bits per heavy atom. The summed E-state index contributed by atoms with van der Waals surface area (Å²) in [4.78, 5) is 11.4. The van der Waals surface area contributed by atoms with Crippen LogP contribution in [-0.4, -0.2) is 32.1 Å². The van der Waals surface area contributed by atoms with Gasteiger partial charge in [0.05, 0.1) is 18.1 Å². The molecule has 0 aliphatic carbocycles. The average Bonchev–Trinajstić information content (AvgIpc) is 2.37. The Kier molecular flexibility index (Phi) is 7.22. The summed E-state index contributed by atoms with van der Waals surface area (Å²) < 4.78 is 5.43. The fraction of sp³-hybridized carbons (Fsp3) is 0.462. The minimum atomic E-state index is -0.0139. The molecule has 2 N–H and O–H groups in total. The summed E-state index contributed by atoms with van der Waals surface area (Å²) in [6.07, 6.45) is 0.331. The normalized spacial score (nSPS) is 10.1.